The second-order valence-electron chi connectivity index (χ2n) is 4.64. The zero-order valence-electron chi connectivity index (χ0n) is 11.9. The highest BCUT2D eigenvalue weighted by Gasteiger charge is 2.16. The number of hydrogen-bond donors (Lipinski definition) is 0. The first kappa shape index (κ1) is 16.0. The molecule has 0 aliphatic carbocycles. The Morgan fingerprint density at radius 3 is 2.62 bits per heavy atom. The minimum Gasteiger partial charge on any atom is -0.486 e. The van der Waals surface area contributed by atoms with Gasteiger partial charge in [-0.2, -0.15) is 5.10 Å². The van der Waals surface area contributed by atoms with Gasteiger partial charge in [0.25, 0.3) is 0 Å². The van der Waals surface area contributed by atoms with Crippen LogP contribution in [-0.2, 0) is 24.7 Å². The Hall–Kier alpha value is -1.33. The van der Waals surface area contributed by atoms with Gasteiger partial charge in [0.2, 0.25) is 0 Å². The number of benzene rings is 1. The Balaban J connectivity index is 1.96. The Bertz CT molecular complexity index is 638. The number of ketones is 1. The Morgan fingerprint density at radius 2 is 2.05 bits per heavy atom. The van der Waals surface area contributed by atoms with Crippen molar-refractivity contribution in [2.45, 2.75) is 19.8 Å². The Morgan fingerprint density at radius 1 is 1.38 bits per heavy atom. The first-order chi connectivity index (χ1) is 10.0. The molecule has 0 amide bonds. The van der Waals surface area contributed by atoms with Crippen LogP contribution in [0.2, 0.25) is 5.02 Å². The molecule has 0 radical (unpaired) electrons. The van der Waals surface area contributed by atoms with Gasteiger partial charge in [0.1, 0.15) is 12.4 Å². The van der Waals surface area contributed by atoms with E-state index in [4.69, 9.17) is 16.3 Å². The molecule has 0 bridgehead atoms. The van der Waals surface area contributed by atoms with Crippen LogP contribution >= 0.6 is 27.5 Å². The molecule has 1 aromatic carbocycles. The van der Waals surface area contributed by atoms with Gasteiger partial charge in [0.15, 0.2) is 5.78 Å². The monoisotopic (exact) mass is 370 g/mol. The van der Waals surface area contributed by atoms with E-state index in [9.17, 15) is 4.79 Å². The maximum absolute atomic E-state index is 12.0. The fourth-order valence-electron chi connectivity index (χ4n) is 1.94. The second kappa shape index (κ2) is 7.09. The number of halogens is 2. The van der Waals surface area contributed by atoms with E-state index in [0.29, 0.717) is 10.8 Å². The van der Waals surface area contributed by atoms with Crippen molar-refractivity contribution >= 4 is 33.3 Å². The molecule has 4 nitrogen and oxygen atoms in total. The zero-order valence-corrected chi connectivity index (χ0v) is 14.2. The molecule has 0 unspecified atom stereocenters. The number of aromatic nitrogens is 2. The van der Waals surface area contributed by atoms with E-state index < -0.39 is 0 Å². The summed E-state index contributed by atoms with van der Waals surface area (Å²) >= 11 is 9.30. The number of aryl methyl sites for hydroxylation is 2. The summed E-state index contributed by atoms with van der Waals surface area (Å²) in [5, 5.41) is 5.01. The van der Waals surface area contributed by atoms with E-state index >= 15 is 0 Å². The van der Waals surface area contributed by atoms with Gasteiger partial charge in [-0.1, -0.05) is 18.5 Å². The summed E-state index contributed by atoms with van der Waals surface area (Å²) in [6.07, 6.45) is 1.11. The van der Waals surface area contributed by atoms with E-state index in [1.807, 2.05) is 14.0 Å². The summed E-state index contributed by atoms with van der Waals surface area (Å²) in [6, 6.07) is 6.94. The molecule has 0 N–H and O–H groups in total. The van der Waals surface area contributed by atoms with Crippen molar-refractivity contribution < 1.29 is 9.53 Å². The van der Waals surface area contributed by atoms with Crippen molar-refractivity contribution in [2.75, 3.05) is 6.61 Å². The number of rotatable bonds is 6. The molecule has 112 valence electrons. The second-order valence-corrected chi connectivity index (χ2v) is 5.87. The quantitative estimate of drug-likeness (QED) is 0.779. The summed E-state index contributed by atoms with van der Waals surface area (Å²) in [7, 11) is 1.84. The number of nitrogens with zero attached hydrogens (tertiary/aromatic N) is 2. The molecule has 2 aromatic rings. The number of hydrogen-bond acceptors (Lipinski definition) is 3. The van der Waals surface area contributed by atoms with Crippen molar-refractivity contribution in [1.29, 1.82) is 0 Å². The van der Waals surface area contributed by atoms with Crippen LogP contribution in [0.15, 0.2) is 28.7 Å². The van der Waals surface area contributed by atoms with Gasteiger partial charge in [0, 0.05) is 12.1 Å². The average Bonchev–Trinajstić information content (AvgIpc) is 2.74. The molecule has 0 fully saturated rings. The SMILES string of the molecule is CCc1nn(C)c(CC(=O)COc2ccc(Cl)cc2)c1Br. The van der Waals surface area contributed by atoms with Gasteiger partial charge in [-0.3, -0.25) is 9.48 Å². The molecule has 0 aliphatic heterocycles. The number of ether oxygens (including phenoxy) is 1. The predicted molar refractivity (Wildman–Crippen MR) is 85.9 cm³/mol. The van der Waals surface area contributed by atoms with Gasteiger partial charge in [-0.15, -0.1) is 0 Å². The molecule has 1 aromatic heterocycles. The van der Waals surface area contributed by atoms with E-state index in [1.165, 1.54) is 0 Å². The standard InChI is InChI=1S/C15H16BrClN2O2/c1-3-13-15(16)14(19(2)18-13)8-11(20)9-21-12-6-4-10(17)5-7-12/h4-7H,3,8-9H2,1-2H3. The molecule has 0 saturated carbocycles. The first-order valence-electron chi connectivity index (χ1n) is 6.61. The molecule has 21 heavy (non-hydrogen) atoms. The number of carbonyl (C=O) groups excluding carboxylic acids is 1. The smallest absolute Gasteiger partial charge is 0.176 e. The topological polar surface area (TPSA) is 44.1 Å². The van der Waals surface area contributed by atoms with Gasteiger partial charge < -0.3 is 4.74 Å². The third kappa shape index (κ3) is 4.08. The molecule has 6 heteroatoms. The number of Topliss-reactive ketones (excluding diaryl/α,β-unsaturated/α-hetero) is 1. The molecule has 2 rings (SSSR count). The molecular formula is C15H16BrClN2O2. The van der Waals surface area contributed by atoms with Crippen LogP contribution in [0.5, 0.6) is 5.75 Å². The van der Waals surface area contributed by atoms with Crippen LogP contribution in [0.3, 0.4) is 0 Å². The molecule has 0 saturated heterocycles. The van der Waals surface area contributed by atoms with Crippen LogP contribution < -0.4 is 4.74 Å². The van der Waals surface area contributed by atoms with Crippen LogP contribution in [0.25, 0.3) is 0 Å². The van der Waals surface area contributed by atoms with Crippen molar-refractivity contribution in [3.63, 3.8) is 0 Å². The highest BCUT2D eigenvalue weighted by Crippen LogP contribution is 2.22. The van der Waals surface area contributed by atoms with Gasteiger partial charge in [-0.25, -0.2) is 0 Å². The minimum absolute atomic E-state index is 0.00342. The fourth-order valence-corrected chi connectivity index (χ4v) is 2.83. The molecule has 0 atom stereocenters. The van der Waals surface area contributed by atoms with Crippen LogP contribution in [-0.4, -0.2) is 22.2 Å². The van der Waals surface area contributed by atoms with Crippen molar-refractivity contribution in [3.05, 3.63) is 45.1 Å². The van der Waals surface area contributed by atoms with Crippen molar-refractivity contribution in [1.82, 2.24) is 9.78 Å². The van der Waals surface area contributed by atoms with E-state index in [0.717, 1.165) is 22.3 Å². The maximum Gasteiger partial charge on any atom is 0.176 e. The predicted octanol–water partition coefficient (Wildman–Crippen LogP) is 3.59. The highest BCUT2D eigenvalue weighted by molar-refractivity contribution is 9.10. The summed E-state index contributed by atoms with van der Waals surface area (Å²) in [5.74, 6) is 0.627. The maximum atomic E-state index is 12.0. The van der Waals surface area contributed by atoms with Gasteiger partial charge in [-0.05, 0) is 46.6 Å². The normalized spacial score (nSPS) is 10.7. The lowest BCUT2D eigenvalue weighted by Gasteiger charge is -2.06. The van der Waals surface area contributed by atoms with Crippen molar-refractivity contribution in [3.8, 4) is 5.75 Å². The molecular weight excluding hydrogens is 356 g/mol. The van der Waals surface area contributed by atoms with E-state index in [-0.39, 0.29) is 18.8 Å². The van der Waals surface area contributed by atoms with Gasteiger partial charge in [0.05, 0.1) is 22.3 Å². The Kier molecular flexibility index (Phi) is 5.42. The van der Waals surface area contributed by atoms with E-state index in [1.54, 1.807) is 28.9 Å². The van der Waals surface area contributed by atoms with E-state index in [2.05, 4.69) is 21.0 Å². The zero-order chi connectivity index (χ0) is 15.4. The Labute approximate surface area is 137 Å². The summed E-state index contributed by atoms with van der Waals surface area (Å²) in [5.41, 5.74) is 1.83. The third-order valence-electron chi connectivity index (χ3n) is 3.08. The third-order valence-corrected chi connectivity index (χ3v) is 4.25. The fraction of sp³-hybridized carbons (Fsp3) is 0.333. The summed E-state index contributed by atoms with van der Waals surface area (Å²) < 4.78 is 8.10. The minimum atomic E-state index is -0.00342. The largest absolute Gasteiger partial charge is 0.486 e. The molecule has 0 spiro atoms. The summed E-state index contributed by atoms with van der Waals surface area (Å²) in [4.78, 5) is 12.0. The lowest BCUT2D eigenvalue weighted by Crippen LogP contribution is -2.16. The van der Waals surface area contributed by atoms with Crippen molar-refractivity contribution in [2.24, 2.45) is 7.05 Å². The van der Waals surface area contributed by atoms with Gasteiger partial charge >= 0.3 is 0 Å². The molecule has 1 heterocycles. The lowest BCUT2D eigenvalue weighted by atomic mass is 10.2. The van der Waals surface area contributed by atoms with Crippen LogP contribution in [0.4, 0.5) is 0 Å². The first-order valence-corrected chi connectivity index (χ1v) is 7.78. The van der Waals surface area contributed by atoms with Crippen LogP contribution in [0.1, 0.15) is 18.3 Å². The highest BCUT2D eigenvalue weighted by atomic mass is 79.9. The lowest BCUT2D eigenvalue weighted by molar-refractivity contribution is -0.120. The van der Waals surface area contributed by atoms with Crippen LogP contribution in [0, 0.1) is 0 Å². The summed E-state index contributed by atoms with van der Waals surface area (Å²) in [6.45, 7) is 2.06. The average molecular weight is 372 g/mol. The molecule has 0 aliphatic rings. The number of carbonyl (C=O) groups is 1.